The minimum Gasteiger partial charge on any atom is -0.480 e. The van der Waals surface area contributed by atoms with Crippen LogP contribution in [0.25, 0.3) is 0 Å². The largest absolute Gasteiger partial charge is 0.480 e. The third-order valence-electron chi connectivity index (χ3n) is 3.29. The maximum Gasteiger partial charge on any atom is 0.325 e. The molecule has 1 fully saturated rings. The lowest BCUT2D eigenvalue weighted by Crippen LogP contribution is -2.23. The van der Waals surface area contributed by atoms with Gasteiger partial charge in [-0.15, -0.1) is 5.10 Å². The predicted octanol–water partition coefficient (Wildman–Crippen LogP) is -0.631. The molecule has 0 aliphatic carbocycles. The molecule has 1 unspecified atom stereocenters. The molecule has 1 aliphatic heterocycles. The summed E-state index contributed by atoms with van der Waals surface area (Å²) >= 11 is 0. The van der Waals surface area contributed by atoms with Gasteiger partial charge in [-0.1, -0.05) is 5.21 Å². The van der Waals surface area contributed by atoms with Crippen LogP contribution in [0, 0.1) is 5.92 Å². The Balaban J connectivity index is 1.67. The number of nitrogens with one attached hydrogen (secondary N) is 2. The molecule has 1 saturated heterocycles. The zero-order valence-electron chi connectivity index (χ0n) is 11.2. The van der Waals surface area contributed by atoms with Crippen LogP contribution in [0.3, 0.4) is 0 Å². The van der Waals surface area contributed by atoms with Gasteiger partial charge in [-0.25, -0.2) is 4.68 Å². The van der Waals surface area contributed by atoms with E-state index in [0.717, 1.165) is 25.9 Å². The van der Waals surface area contributed by atoms with E-state index >= 15 is 0 Å². The van der Waals surface area contributed by atoms with Gasteiger partial charge in [0.15, 0.2) is 0 Å². The van der Waals surface area contributed by atoms with Gasteiger partial charge >= 0.3 is 5.97 Å². The molecule has 8 nitrogen and oxygen atoms in total. The fraction of sp³-hybridized carbons (Fsp3) is 0.667. The number of carboxylic acid groups (broad SMARTS) is 1. The average Bonchev–Trinajstić information content (AvgIpc) is 3.04. The number of aromatic nitrogens is 3. The minimum absolute atomic E-state index is 0.00955. The van der Waals surface area contributed by atoms with Gasteiger partial charge in [0.2, 0.25) is 5.91 Å². The first-order chi connectivity index (χ1) is 9.63. The van der Waals surface area contributed by atoms with Crippen molar-refractivity contribution >= 4 is 11.9 Å². The number of aliphatic carboxylic acids is 1. The Kier molecular flexibility index (Phi) is 5.05. The molecule has 0 spiro atoms. The quantitative estimate of drug-likeness (QED) is 0.614. The van der Waals surface area contributed by atoms with Gasteiger partial charge in [0.05, 0.1) is 12.7 Å². The van der Waals surface area contributed by atoms with Crippen LogP contribution in [-0.2, 0) is 22.7 Å². The highest BCUT2D eigenvalue weighted by Gasteiger charge is 2.15. The Bertz CT molecular complexity index is 467. The highest BCUT2D eigenvalue weighted by molar-refractivity contribution is 5.75. The van der Waals surface area contributed by atoms with Crippen molar-refractivity contribution in [1.29, 1.82) is 0 Å². The Labute approximate surface area is 116 Å². The van der Waals surface area contributed by atoms with Crippen LogP contribution < -0.4 is 10.6 Å². The number of rotatable bonds is 7. The van der Waals surface area contributed by atoms with Crippen molar-refractivity contribution in [2.45, 2.75) is 32.4 Å². The Morgan fingerprint density at radius 1 is 1.55 bits per heavy atom. The second kappa shape index (κ2) is 6.99. The molecule has 0 saturated carbocycles. The minimum atomic E-state index is -0.976. The third-order valence-corrected chi connectivity index (χ3v) is 3.29. The Hall–Kier alpha value is -1.96. The lowest BCUT2D eigenvalue weighted by Gasteiger charge is -2.07. The fourth-order valence-electron chi connectivity index (χ4n) is 2.21. The normalized spacial score (nSPS) is 18.1. The van der Waals surface area contributed by atoms with Crippen molar-refractivity contribution in [2.24, 2.45) is 5.92 Å². The van der Waals surface area contributed by atoms with Crippen LogP contribution in [0.2, 0.25) is 0 Å². The molecule has 1 aromatic heterocycles. The van der Waals surface area contributed by atoms with Gasteiger partial charge in [-0.05, 0) is 31.8 Å². The van der Waals surface area contributed by atoms with Crippen molar-refractivity contribution in [3.63, 3.8) is 0 Å². The molecule has 1 aromatic rings. The molecular weight excluding hydrogens is 262 g/mol. The third kappa shape index (κ3) is 4.61. The van der Waals surface area contributed by atoms with Crippen molar-refractivity contribution in [2.75, 3.05) is 13.1 Å². The monoisotopic (exact) mass is 281 g/mol. The lowest BCUT2D eigenvalue weighted by atomic mass is 10.0. The van der Waals surface area contributed by atoms with E-state index in [1.165, 1.54) is 10.9 Å². The average molecular weight is 281 g/mol. The van der Waals surface area contributed by atoms with E-state index in [-0.39, 0.29) is 19.0 Å². The molecule has 110 valence electrons. The first kappa shape index (κ1) is 14.4. The van der Waals surface area contributed by atoms with Crippen molar-refractivity contribution in [3.8, 4) is 0 Å². The summed E-state index contributed by atoms with van der Waals surface area (Å²) in [4.78, 5) is 22.2. The van der Waals surface area contributed by atoms with E-state index in [0.29, 0.717) is 18.0 Å². The highest BCUT2D eigenvalue weighted by atomic mass is 16.4. The maximum absolute atomic E-state index is 11.7. The van der Waals surface area contributed by atoms with Crippen LogP contribution in [0.4, 0.5) is 0 Å². The Morgan fingerprint density at radius 3 is 3.10 bits per heavy atom. The highest BCUT2D eigenvalue weighted by Crippen LogP contribution is 2.13. The topological polar surface area (TPSA) is 109 Å². The van der Waals surface area contributed by atoms with E-state index in [1.807, 2.05) is 0 Å². The van der Waals surface area contributed by atoms with Crippen LogP contribution in [0.5, 0.6) is 0 Å². The molecule has 0 radical (unpaired) electrons. The zero-order chi connectivity index (χ0) is 14.4. The van der Waals surface area contributed by atoms with Crippen LogP contribution in [0.1, 0.15) is 25.0 Å². The summed E-state index contributed by atoms with van der Waals surface area (Å²) in [6.45, 7) is 2.09. The number of carboxylic acids is 1. The summed E-state index contributed by atoms with van der Waals surface area (Å²) in [5.74, 6) is -0.391. The molecule has 0 bridgehead atoms. The van der Waals surface area contributed by atoms with Gasteiger partial charge < -0.3 is 15.7 Å². The van der Waals surface area contributed by atoms with Crippen molar-refractivity contribution in [3.05, 3.63) is 11.9 Å². The molecule has 1 aliphatic rings. The molecule has 2 heterocycles. The zero-order valence-corrected chi connectivity index (χ0v) is 11.2. The van der Waals surface area contributed by atoms with E-state index in [1.54, 1.807) is 0 Å². The number of hydrogen-bond donors (Lipinski definition) is 3. The van der Waals surface area contributed by atoms with Crippen LogP contribution >= 0.6 is 0 Å². The number of nitrogens with zero attached hydrogens (tertiary/aromatic N) is 3. The van der Waals surface area contributed by atoms with E-state index in [4.69, 9.17) is 5.11 Å². The molecule has 3 N–H and O–H groups in total. The van der Waals surface area contributed by atoms with Crippen molar-refractivity contribution < 1.29 is 14.7 Å². The van der Waals surface area contributed by atoms with Gasteiger partial charge in [-0.3, -0.25) is 9.59 Å². The van der Waals surface area contributed by atoms with E-state index < -0.39 is 5.97 Å². The van der Waals surface area contributed by atoms with Gasteiger partial charge in [0.1, 0.15) is 12.2 Å². The number of carbonyl (C=O) groups excluding carboxylic acids is 1. The van der Waals surface area contributed by atoms with Crippen LogP contribution in [0.15, 0.2) is 6.20 Å². The molecule has 1 atom stereocenters. The summed E-state index contributed by atoms with van der Waals surface area (Å²) in [6, 6.07) is 0. The molecular formula is C12H19N5O3. The summed E-state index contributed by atoms with van der Waals surface area (Å²) < 4.78 is 1.23. The molecule has 20 heavy (non-hydrogen) atoms. The van der Waals surface area contributed by atoms with Gasteiger partial charge in [0.25, 0.3) is 0 Å². The summed E-state index contributed by atoms with van der Waals surface area (Å²) in [5, 5.41) is 22.1. The van der Waals surface area contributed by atoms with Crippen LogP contribution in [-0.4, -0.2) is 45.1 Å². The molecule has 0 aromatic carbocycles. The standard InChI is InChI=1S/C12H19N5O3/c18-11(2-1-9-3-4-13-5-9)14-6-10-7-17(16-15-10)8-12(19)20/h7,9,13H,1-6,8H2,(H,14,18)(H,19,20). The summed E-state index contributed by atoms with van der Waals surface area (Å²) in [7, 11) is 0. The second-order valence-electron chi connectivity index (χ2n) is 4.98. The number of carbonyl (C=O) groups is 2. The maximum atomic E-state index is 11.7. The number of hydrogen-bond acceptors (Lipinski definition) is 5. The lowest BCUT2D eigenvalue weighted by molar-refractivity contribution is -0.138. The second-order valence-corrected chi connectivity index (χ2v) is 4.98. The SMILES string of the molecule is O=C(O)Cn1cc(CNC(=O)CCC2CCNC2)nn1. The van der Waals surface area contributed by atoms with Crippen molar-refractivity contribution in [1.82, 2.24) is 25.6 Å². The van der Waals surface area contributed by atoms with E-state index in [2.05, 4.69) is 20.9 Å². The smallest absolute Gasteiger partial charge is 0.325 e. The first-order valence-electron chi connectivity index (χ1n) is 6.71. The van der Waals surface area contributed by atoms with Gasteiger partial charge in [0, 0.05) is 6.42 Å². The summed E-state index contributed by atoms with van der Waals surface area (Å²) in [6.07, 6.45) is 4.06. The molecule has 2 rings (SSSR count). The predicted molar refractivity (Wildman–Crippen MR) is 69.7 cm³/mol. The molecule has 8 heteroatoms. The molecule has 1 amide bonds. The Morgan fingerprint density at radius 2 is 2.40 bits per heavy atom. The fourth-order valence-corrected chi connectivity index (χ4v) is 2.21. The first-order valence-corrected chi connectivity index (χ1v) is 6.71. The number of amides is 1. The van der Waals surface area contributed by atoms with Gasteiger partial charge in [-0.2, -0.15) is 0 Å². The van der Waals surface area contributed by atoms with E-state index in [9.17, 15) is 9.59 Å². The summed E-state index contributed by atoms with van der Waals surface area (Å²) in [5.41, 5.74) is 0.558.